The van der Waals surface area contributed by atoms with Crippen molar-refractivity contribution in [2.24, 2.45) is 0 Å². The van der Waals surface area contributed by atoms with Gasteiger partial charge >= 0.3 is 0 Å². The van der Waals surface area contributed by atoms with Gasteiger partial charge < -0.3 is 0 Å². The van der Waals surface area contributed by atoms with Gasteiger partial charge in [-0.15, -0.1) is 11.3 Å². The van der Waals surface area contributed by atoms with E-state index < -0.39 is 0 Å². The zero-order valence-electron chi connectivity index (χ0n) is 7.43. The van der Waals surface area contributed by atoms with E-state index in [1.54, 1.807) is 11.3 Å². The van der Waals surface area contributed by atoms with Crippen molar-refractivity contribution in [2.45, 2.75) is 12.8 Å². The predicted molar refractivity (Wildman–Crippen MR) is 53.4 cm³/mol. The Labute approximate surface area is 85.0 Å². The fourth-order valence-electron chi connectivity index (χ4n) is 1.16. The lowest BCUT2D eigenvalue weighted by Crippen LogP contribution is -2.00. The van der Waals surface area contributed by atoms with E-state index in [-0.39, 0.29) is 5.78 Å². The summed E-state index contributed by atoms with van der Waals surface area (Å²) in [6.07, 6.45) is 2.73. The van der Waals surface area contributed by atoms with Gasteiger partial charge in [-0.3, -0.25) is 4.79 Å². The van der Waals surface area contributed by atoms with Crippen molar-refractivity contribution in [1.29, 1.82) is 0 Å². The second-order valence-electron chi connectivity index (χ2n) is 2.86. The van der Waals surface area contributed by atoms with Crippen LogP contribution in [0.25, 0.3) is 0 Å². The number of H-pyrrole nitrogens is 1. The molecule has 0 saturated carbocycles. The Kier molecular flexibility index (Phi) is 2.69. The van der Waals surface area contributed by atoms with Crippen molar-refractivity contribution < 1.29 is 4.79 Å². The number of Topliss-reactive ketones (excluding diaryl/α,β-unsaturated/α-hetero) is 1. The number of carbonyl (C=O) groups is 1. The molecule has 2 aromatic rings. The molecule has 0 aliphatic carbocycles. The first-order chi connectivity index (χ1) is 6.86. The van der Waals surface area contributed by atoms with Gasteiger partial charge in [0, 0.05) is 11.3 Å². The van der Waals surface area contributed by atoms with E-state index in [9.17, 15) is 4.79 Å². The van der Waals surface area contributed by atoms with Crippen LogP contribution in [-0.2, 0) is 6.42 Å². The molecule has 0 radical (unpaired) electrons. The van der Waals surface area contributed by atoms with Gasteiger partial charge in [0.25, 0.3) is 0 Å². The number of nitrogens with zero attached hydrogens (tertiary/aromatic N) is 2. The summed E-state index contributed by atoms with van der Waals surface area (Å²) in [5.41, 5.74) is 0.418. The summed E-state index contributed by atoms with van der Waals surface area (Å²) in [5.74, 6) is 0.0344. The Hall–Kier alpha value is -1.49. The molecule has 0 saturated heterocycles. The van der Waals surface area contributed by atoms with E-state index in [0.29, 0.717) is 12.1 Å². The summed E-state index contributed by atoms with van der Waals surface area (Å²) in [7, 11) is 0. The first-order valence-corrected chi connectivity index (χ1v) is 5.15. The topological polar surface area (TPSA) is 58.6 Å². The van der Waals surface area contributed by atoms with Gasteiger partial charge in [0.2, 0.25) is 0 Å². The number of rotatable bonds is 4. The third-order valence-corrected chi connectivity index (χ3v) is 2.82. The number of aromatic amines is 1. The molecule has 5 heteroatoms. The van der Waals surface area contributed by atoms with Crippen LogP contribution in [0.3, 0.4) is 0 Å². The van der Waals surface area contributed by atoms with Crippen molar-refractivity contribution in [3.05, 3.63) is 34.3 Å². The number of aromatic nitrogens is 3. The molecule has 0 unspecified atom stereocenters. The molecular formula is C9H9N3OS. The lowest BCUT2D eigenvalue weighted by Gasteiger charge is -1.94. The summed E-state index contributed by atoms with van der Waals surface area (Å²) in [5, 5.41) is 11.8. The monoisotopic (exact) mass is 207 g/mol. The average Bonchev–Trinajstić information content (AvgIpc) is 2.87. The fourth-order valence-corrected chi connectivity index (χ4v) is 1.86. The van der Waals surface area contributed by atoms with Gasteiger partial charge in [0.05, 0.1) is 6.20 Å². The van der Waals surface area contributed by atoms with Crippen molar-refractivity contribution in [1.82, 2.24) is 15.4 Å². The van der Waals surface area contributed by atoms with Crippen LogP contribution in [0.15, 0.2) is 23.7 Å². The minimum atomic E-state index is 0.0344. The van der Waals surface area contributed by atoms with Gasteiger partial charge in [-0.2, -0.15) is 15.4 Å². The summed E-state index contributed by atoms with van der Waals surface area (Å²) >= 11 is 1.67. The number of carbonyl (C=O) groups excluding carboxylic acids is 1. The quantitative estimate of drug-likeness (QED) is 0.776. The number of hydrogen-bond donors (Lipinski definition) is 1. The van der Waals surface area contributed by atoms with E-state index in [1.807, 2.05) is 17.5 Å². The van der Waals surface area contributed by atoms with Gasteiger partial charge in [0.1, 0.15) is 5.69 Å². The van der Waals surface area contributed by atoms with Crippen LogP contribution in [0.1, 0.15) is 21.8 Å². The normalized spacial score (nSPS) is 10.3. The smallest absolute Gasteiger partial charge is 0.185 e. The van der Waals surface area contributed by atoms with E-state index in [1.165, 1.54) is 11.1 Å². The Morgan fingerprint density at radius 3 is 3.14 bits per heavy atom. The minimum absolute atomic E-state index is 0.0344. The number of aryl methyl sites for hydroxylation is 1. The van der Waals surface area contributed by atoms with Gasteiger partial charge in [-0.1, -0.05) is 6.07 Å². The Balaban J connectivity index is 1.90. The fraction of sp³-hybridized carbons (Fsp3) is 0.222. The van der Waals surface area contributed by atoms with Crippen molar-refractivity contribution in [3.8, 4) is 0 Å². The van der Waals surface area contributed by atoms with Gasteiger partial charge in [-0.25, -0.2) is 0 Å². The zero-order valence-corrected chi connectivity index (χ0v) is 8.25. The molecule has 0 atom stereocenters. The molecule has 1 N–H and O–H groups in total. The van der Waals surface area contributed by atoms with Gasteiger partial charge in [-0.05, 0) is 17.9 Å². The van der Waals surface area contributed by atoms with Crippen molar-refractivity contribution in [3.63, 3.8) is 0 Å². The number of nitrogens with one attached hydrogen (secondary N) is 1. The zero-order chi connectivity index (χ0) is 9.80. The second-order valence-corrected chi connectivity index (χ2v) is 3.89. The van der Waals surface area contributed by atoms with Crippen LogP contribution < -0.4 is 0 Å². The maximum absolute atomic E-state index is 11.5. The SMILES string of the molecule is O=C(CCc1cccs1)c1cn[nH]n1. The Bertz CT molecular complexity index is 394. The minimum Gasteiger partial charge on any atom is -0.292 e. The molecule has 0 fully saturated rings. The largest absolute Gasteiger partial charge is 0.292 e. The maximum atomic E-state index is 11.5. The third kappa shape index (κ3) is 2.05. The number of ketones is 1. The average molecular weight is 207 g/mol. The molecule has 0 aliphatic heterocycles. The summed E-state index contributed by atoms with van der Waals surface area (Å²) < 4.78 is 0. The van der Waals surface area contributed by atoms with Crippen LogP contribution >= 0.6 is 11.3 Å². The van der Waals surface area contributed by atoms with Crippen LogP contribution in [0.5, 0.6) is 0 Å². The van der Waals surface area contributed by atoms with Gasteiger partial charge in [0.15, 0.2) is 5.78 Å². The number of thiophene rings is 1. The molecule has 72 valence electrons. The summed E-state index contributed by atoms with van der Waals surface area (Å²) in [4.78, 5) is 12.7. The molecule has 4 nitrogen and oxygen atoms in total. The lowest BCUT2D eigenvalue weighted by atomic mass is 10.1. The van der Waals surface area contributed by atoms with E-state index in [2.05, 4.69) is 15.4 Å². The first kappa shape index (κ1) is 9.08. The van der Waals surface area contributed by atoms with Crippen molar-refractivity contribution >= 4 is 17.1 Å². The Morgan fingerprint density at radius 1 is 1.57 bits per heavy atom. The van der Waals surface area contributed by atoms with E-state index >= 15 is 0 Å². The highest BCUT2D eigenvalue weighted by Gasteiger charge is 2.08. The number of hydrogen-bond acceptors (Lipinski definition) is 4. The molecule has 2 rings (SSSR count). The summed E-state index contributed by atoms with van der Waals surface area (Å²) in [6, 6.07) is 4.02. The maximum Gasteiger partial charge on any atom is 0.185 e. The molecule has 2 aromatic heterocycles. The molecule has 0 bridgehead atoms. The van der Waals surface area contributed by atoms with E-state index in [4.69, 9.17) is 0 Å². The van der Waals surface area contributed by atoms with Crippen LogP contribution in [0.2, 0.25) is 0 Å². The molecule has 0 spiro atoms. The highest BCUT2D eigenvalue weighted by atomic mass is 32.1. The molecule has 14 heavy (non-hydrogen) atoms. The Morgan fingerprint density at radius 2 is 2.50 bits per heavy atom. The van der Waals surface area contributed by atoms with Crippen LogP contribution in [0.4, 0.5) is 0 Å². The predicted octanol–water partition coefficient (Wildman–Crippen LogP) is 1.68. The highest BCUT2D eigenvalue weighted by Crippen LogP contribution is 2.12. The standard InChI is InChI=1S/C9H9N3OS/c13-9(8-6-10-12-11-8)4-3-7-2-1-5-14-7/h1-2,5-6H,3-4H2,(H,10,11,12). The van der Waals surface area contributed by atoms with Crippen LogP contribution in [0, 0.1) is 0 Å². The van der Waals surface area contributed by atoms with E-state index in [0.717, 1.165) is 6.42 Å². The lowest BCUT2D eigenvalue weighted by molar-refractivity contribution is 0.0978. The molecule has 0 amide bonds. The first-order valence-electron chi connectivity index (χ1n) is 4.27. The second kappa shape index (κ2) is 4.15. The molecule has 0 aromatic carbocycles. The van der Waals surface area contributed by atoms with Crippen molar-refractivity contribution in [2.75, 3.05) is 0 Å². The summed E-state index contributed by atoms with van der Waals surface area (Å²) in [6.45, 7) is 0. The third-order valence-electron chi connectivity index (χ3n) is 1.88. The molecule has 2 heterocycles. The highest BCUT2D eigenvalue weighted by molar-refractivity contribution is 7.09. The molecule has 0 aliphatic rings. The van der Waals surface area contributed by atoms with Crippen LogP contribution in [-0.4, -0.2) is 21.2 Å². The molecular weight excluding hydrogens is 198 g/mol.